The van der Waals surface area contributed by atoms with E-state index >= 15 is 0 Å². The molecule has 0 aliphatic rings. The smallest absolute Gasteiger partial charge is 0.0811 e. The highest BCUT2D eigenvalue weighted by Crippen LogP contribution is 2.22. The van der Waals surface area contributed by atoms with E-state index in [4.69, 9.17) is 5.11 Å². The molecule has 0 aliphatic carbocycles. The van der Waals surface area contributed by atoms with Crippen LogP contribution in [-0.4, -0.2) is 22.9 Å². The molecule has 15 heavy (non-hydrogen) atoms. The molecule has 0 amide bonds. The third-order valence-electron chi connectivity index (χ3n) is 2.50. The topological polar surface area (TPSA) is 40.5 Å². The van der Waals surface area contributed by atoms with E-state index in [0.717, 1.165) is 5.56 Å². The van der Waals surface area contributed by atoms with Crippen molar-refractivity contribution in [2.45, 2.75) is 38.7 Å². The Morgan fingerprint density at radius 3 is 2.07 bits per heavy atom. The summed E-state index contributed by atoms with van der Waals surface area (Å²) in [6.07, 6.45) is -0.133. The molecule has 2 nitrogen and oxygen atoms in total. The lowest BCUT2D eigenvalue weighted by Crippen LogP contribution is -2.15. The second-order valence-corrected chi connectivity index (χ2v) is 4.99. The molecule has 0 radical (unpaired) electrons. The highest BCUT2D eigenvalue weighted by molar-refractivity contribution is 5.27. The van der Waals surface area contributed by atoms with Gasteiger partial charge in [0.1, 0.15) is 0 Å². The van der Waals surface area contributed by atoms with Crippen LogP contribution in [0, 0.1) is 0 Å². The maximum atomic E-state index is 9.29. The summed E-state index contributed by atoms with van der Waals surface area (Å²) >= 11 is 0. The van der Waals surface area contributed by atoms with E-state index in [-0.39, 0.29) is 12.0 Å². The third kappa shape index (κ3) is 3.65. The molecular weight excluding hydrogens is 188 g/mol. The summed E-state index contributed by atoms with van der Waals surface area (Å²) < 4.78 is 0. The number of hydrogen-bond donors (Lipinski definition) is 2. The van der Waals surface area contributed by atoms with Crippen molar-refractivity contribution in [1.82, 2.24) is 0 Å². The van der Waals surface area contributed by atoms with Gasteiger partial charge >= 0.3 is 0 Å². The lowest BCUT2D eigenvalue weighted by atomic mass is 9.86. The zero-order valence-electron chi connectivity index (χ0n) is 9.70. The molecule has 1 atom stereocenters. The first-order chi connectivity index (χ1) is 6.93. The van der Waals surface area contributed by atoms with E-state index in [1.807, 2.05) is 12.1 Å². The molecule has 0 heterocycles. The number of benzene rings is 1. The van der Waals surface area contributed by atoms with Crippen LogP contribution in [0.3, 0.4) is 0 Å². The number of aliphatic hydroxyl groups excluding tert-OH is 2. The molecule has 1 unspecified atom stereocenters. The molecule has 0 bridgehead atoms. The molecule has 1 rings (SSSR count). The van der Waals surface area contributed by atoms with Crippen LogP contribution in [0.1, 0.15) is 31.9 Å². The maximum Gasteiger partial charge on any atom is 0.0811 e. The first-order valence-corrected chi connectivity index (χ1v) is 5.32. The van der Waals surface area contributed by atoms with Crippen molar-refractivity contribution in [2.24, 2.45) is 0 Å². The van der Waals surface area contributed by atoms with Crippen LogP contribution in [0.5, 0.6) is 0 Å². The molecule has 0 fully saturated rings. The van der Waals surface area contributed by atoms with Gasteiger partial charge in [0, 0.05) is 6.42 Å². The highest BCUT2D eigenvalue weighted by Gasteiger charge is 2.13. The Kier molecular flexibility index (Phi) is 3.89. The van der Waals surface area contributed by atoms with Crippen LogP contribution in [0.15, 0.2) is 24.3 Å². The van der Waals surface area contributed by atoms with E-state index in [0.29, 0.717) is 6.42 Å². The Labute approximate surface area is 91.6 Å². The van der Waals surface area contributed by atoms with Crippen molar-refractivity contribution < 1.29 is 10.2 Å². The molecule has 2 N–H and O–H groups in total. The second kappa shape index (κ2) is 4.77. The van der Waals surface area contributed by atoms with Gasteiger partial charge in [-0.25, -0.2) is 0 Å². The minimum atomic E-state index is -0.648. The number of rotatable bonds is 3. The SMILES string of the molecule is CC(C)(C)c1ccc(CC(O)CO)cc1. The zero-order valence-corrected chi connectivity index (χ0v) is 9.70. The van der Waals surface area contributed by atoms with E-state index < -0.39 is 6.10 Å². The monoisotopic (exact) mass is 208 g/mol. The van der Waals surface area contributed by atoms with Crippen molar-refractivity contribution in [3.05, 3.63) is 35.4 Å². The average molecular weight is 208 g/mol. The van der Waals surface area contributed by atoms with Crippen molar-refractivity contribution in [3.63, 3.8) is 0 Å². The fraction of sp³-hybridized carbons (Fsp3) is 0.538. The van der Waals surface area contributed by atoms with E-state index in [9.17, 15) is 5.11 Å². The normalized spacial score (nSPS) is 13.9. The Balaban J connectivity index is 2.73. The van der Waals surface area contributed by atoms with Crippen LogP contribution in [0.2, 0.25) is 0 Å². The molecule has 0 saturated heterocycles. The van der Waals surface area contributed by atoms with Gasteiger partial charge in [-0.3, -0.25) is 0 Å². The molecule has 1 aromatic carbocycles. The first kappa shape index (κ1) is 12.2. The predicted octanol–water partition coefficient (Wildman–Crippen LogP) is 1.88. The van der Waals surface area contributed by atoms with Gasteiger partial charge in [0.15, 0.2) is 0 Å². The fourth-order valence-corrected chi connectivity index (χ4v) is 1.48. The Hall–Kier alpha value is -0.860. The quantitative estimate of drug-likeness (QED) is 0.796. The van der Waals surface area contributed by atoms with Gasteiger partial charge in [0.05, 0.1) is 12.7 Å². The van der Waals surface area contributed by atoms with Gasteiger partial charge in [-0.05, 0) is 16.5 Å². The van der Waals surface area contributed by atoms with Crippen LogP contribution in [0.4, 0.5) is 0 Å². The number of aliphatic hydroxyl groups is 2. The minimum absolute atomic E-state index is 0.161. The molecule has 1 aromatic rings. The summed E-state index contributed by atoms with van der Waals surface area (Å²) in [5, 5.41) is 18.0. The summed E-state index contributed by atoms with van der Waals surface area (Å²) in [5.41, 5.74) is 2.50. The molecule has 0 saturated carbocycles. The maximum absolute atomic E-state index is 9.29. The van der Waals surface area contributed by atoms with Gasteiger partial charge in [-0.2, -0.15) is 0 Å². The molecule has 2 heteroatoms. The molecule has 0 aromatic heterocycles. The van der Waals surface area contributed by atoms with Gasteiger partial charge in [0.25, 0.3) is 0 Å². The van der Waals surface area contributed by atoms with Gasteiger partial charge in [-0.15, -0.1) is 0 Å². The molecular formula is C13H20O2. The standard InChI is InChI=1S/C13H20O2/c1-13(2,3)11-6-4-10(5-7-11)8-12(15)9-14/h4-7,12,14-15H,8-9H2,1-3H3. The van der Waals surface area contributed by atoms with E-state index in [1.54, 1.807) is 0 Å². The van der Waals surface area contributed by atoms with Crippen LogP contribution in [0.25, 0.3) is 0 Å². The zero-order chi connectivity index (χ0) is 11.5. The van der Waals surface area contributed by atoms with Gasteiger partial charge in [0.2, 0.25) is 0 Å². The Morgan fingerprint density at radius 1 is 1.13 bits per heavy atom. The summed E-state index contributed by atoms with van der Waals surface area (Å²) in [6, 6.07) is 8.19. The average Bonchev–Trinajstić information content (AvgIpc) is 2.17. The third-order valence-corrected chi connectivity index (χ3v) is 2.50. The van der Waals surface area contributed by atoms with E-state index in [1.165, 1.54) is 5.56 Å². The first-order valence-electron chi connectivity index (χ1n) is 5.32. The summed E-state index contributed by atoms with van der Waals surface area (Å²) in [5.74, 6) is 0. The molecule has 0 aliphatic heterocycles. The molecule has 0 spiro atoms. The summed E-state index contributed by atoms with van der Waals surface area (Å²) in [7, 11) is 0. The Bertz CT molecular complexity index is 295. The highest BCUT2D eigenvalue weighted by atomic mass is 16.3. The van der Waals surface area contributed by atoms with Crippen LogP contribution >= 0.6 is 0 Å². The lowest BCUT2D eigenvalue weighted by Gasteiger charge is -2.19. The van der Waals surface area contributed by atoms with Crippen molar-refractivity contribution >= 4 is 0 Å². The van der Waals surface area contributed by atoms with Crippen molar-refractivity contribution in [2.75, 3.05) is 6.61 Å². The van der Waals surface area contributed by atoms with Crippen molar-refractivity contribution in [3.8, 4) is 0 Å². The van der Waals surface area contributed by atoms with E-state index in [2.05, 4.69) is 32.9 Å². The second-order valence-electron chi connectivity index (χ2n) is 4.99. The van der Waals surface area contributed by atoms with Gasteiger partial charge in [-0.1, -0.05) is 45.0 Å². The van der Waals surface area contributed by atoms with Crippen LogP contribution < -0.4 is 0 Å². The molecule has 84 valence electrons. The fourth-order valence-electron chi connectivity index (χ4n) is 1.48. The van der Waals surface area contributed by atoms with Crippen LogP contribution in [-0.2, 0) is 11.8 Å². The van der Waals surface area contributed by atoms with Gasteiger partial charge < -0.3 is 10.2 Å². The summed E-state index contributed by atoms with van der Waals surface area (Å²) in [4.78, 5) is 0. The largest absolute Gasteiger partial charge is 0.394 e. The predicted molar refractivity (Wildman–Crippen MR) is 61.9 cm³/mol. The summed E-state index contributed by atoms with van der Waals surface area (Å²) in [6.45, 7) is 6.33. The minimum Gasteiger partial charge on any atom is -0.394 e. The van der Waals surface area contributed by atoms with Crippen molar-refractivity contribution in [1.29, 1.82) is 0 Å². The lowest BCUT2D eigenvalue weighted by molar-refractivity contribution is 0.0955. The Morgan fingerprint density at radius 2 is 1.67 bits per heavy atom. The number of hydrogen-bond acceptors (Lipinski definition) is 2.